The number of methoxy groups -OCH3 is 1. The molecule has 1 atom stereocenters. The predicted molar refractivity (Wildman–Crippen MR) is 73.5 cm³/mol. The molecule has 0 saturated heterocycles. The Morgan fingerprint density at radius 2 is 1.78 bits per heavy atom. The summed E-state index contributed by atoms with van der Waals surface area (Å²) in [5.74, 6) is -0.246. The normalized spacial score (nSPS) is 14.1. The first-order valence-corrected chi connectivity index (χ1v) is 6.19. The third kappa shape index (κ3) is 2.91. The average molecular weight is 249 g/mol. The van der Waals surface area contributed by atoms with Gasteiger partial charge >= 0.3 is 5.97 Å². The Morgan fingerprint density at radius 1 is 1.28 bits per heavy atom. The first-order chi connectivity index (χ1) is 8.34. The molecule has 1 aromatic rings. The number of rotatable bonds is 4. The van der Waals surface area contributed by atoms with Crippen LogP contribution in [0.1, 0.15) is 29.2 Å². The lowest BCUT2D eigenvalue weighted by atomic mass is 9.80. The molecule has 0 aliphatic rings. The first kappa shape index (κ1) is 14.7. The summed E-state index contributed by atoms with van der Waals surface area (Å²) in [5, 5.41) is 0. The van der Waals surface area contributed by atoms with Gasteiger partial charge in [0.1, 0.15) is 0 Å². The molecule has 0 amide bonds. The van der Waals surface area contributed by atoms with Crippen molar-refractivity contribution in [2.75, 3.05) is 13.7 Å². The molecule has 0 radical (unpaired) electrons. The minimum atomic E-state index is -0.653. The standard InChI is InChI=1S/C15H23NO2/c1-10-6-11(2)13(12(3)7-10)8-15(4,9-16)14(17)18-5/h6-7H,8-9,16H2,1-5H3. The third-order valence-electron chi connectivity index (χ3n) is 3.54. The van der Waals surface area contributed by atoms with Gasteiger partial charge in [0.25, 0.3) is 0 Å². The van der Waals surface area contributed by atoms with Gasteiger partial charge in [0.15, 0.2) is 0 Å². The van der Waals surface area contributed by atoms with Crippen LogP contribution in [0.3, 0.4) is 0 Å². The summed E-state index contributed by atoms with van der Waals surface area (Å²) in [4.78, 5) is 11.9. The predicted octanol–water partition coefficient (Wildman–Crippen LogP) is 2.29. The fourth-order valence-electron chi connectivity index (χ4n) is 2.35. The van der Waals surface area contributed by atoms with Crippen molar-refractivity contribution in [3.05, 3.63) is 34.4 Å². The van der Waals surface area contributed by atoms with Crippen LogP contribution < -0.4 is 5.73 Å². The molecule has 1 rings (SSSR count). The second-order valence-corrected chi connectivity index (χ2v) is 5.31. The van der Waals surface area contributed by atoms with Crippen molar-refractivity contribution in [2.45, 2.75) is 34.1 Å². The van der Waals surface area contributed by atoms with E-state index in [2.05, 4.69) is 32.9 Å². The molecule has 0 fully saturated rings. The van der Waals surface area contributed by atoms with Gasteiger partial charge in [-0.15, -0.1) is 0 Å². The van der Waals surface area contributed by atoms with E-state index < -0.39 is 5.41 Å². The summed E-state index contributed by atoms with van der Waals surface area (Å²) >= 11 is 0. The highest BCUT2D eigenvalue weighted by Crippen LogP contribution is 2.27. The van der Waals surface area contributed by atoms with E-state index in [0.29, 0.717) is 6.42 Å². The Bertz CT molecular complexity index is 431. The monoisotopic (exact) mass is 249 g/mol. The van der Waals surface area contributed by atoms with Gasteiger partial charge in [-0.2, -0.15) is 0 Å². The largest absolute Gasteiger partial charge is 0.469 e. The fraction of sp³-hybridized carbons (Fsp3) is 0.533. The second kappa shape index (κ2) is 5.53. The fourth-order valence-corrected chi connectivity index (χ4v) is 2.35. The number of hydrogen-bond acceptors (Lipinski definition) is 3. The molecule has 0 aliphatic heterocycles. The Hall–Kier alpha value is -1.35. The molecule has 0 aromatic heterocycles. The molecule has 1 unspecified atom stereocenters. The van der Waals surface area contributed by atoms with Crippen LogP contribution in [0, 0.1) is 26.2 Å². The maximum atomic E-state index is 11.9. The zero-order valence-electron chi connectivity index (χ0n) is 12.0. The minimum Gasteiger partial charge on any atom is -0.469 e. The lowest BCUT2D eigenvalue weighted by Crippen LogP contribution is -2.39. The molecule has 0 heterocycles. The van der Waals surface area contributed by atoms with Crippen molar-refractivity contribution in [3.63, 3.8) is 0 Å². The Kier molecular flexibility index (Phi) is 4.52. The van der Waals surface area contributed by atoms with E-state index >= 15 is 0 Å². The van der Waals surface area contributed by atoms with Crippen LogP contribution in [0.25, 0.3) is 0 Å². The van der Waals surface area contributed by atoms with Gasteiger partial charge in [0.05, 0.1) is 12.5 Å². The maximum Gasteiger partial charge on any atom is 0.313 e. The van der Waals surface area contributed by atoms with Gasteiger partial charge in [-0.3, -0.25) is 4.79 Å². The number of nitrogens with two attached hydrogens (primary N) is 1. The van der Waals surface area contributed by atoms with Crippen LogP contribution in [0.2, 0.25) is 0 Å². The average Bonchev–Trinajstić information content (AvgIpc) is 2.32. The maximum absolute atomic E-state index is 11.9. The summed E-state index contributed by atoms with van der Waals surface area (Å²) in [6.45, 7) is 8.36. The van der Waals surface area contributed by atoms with Crippen molar-refractivity contribution >= 4 is 5.97 Å². The van der Waals surface area contributed by atoms with Crippen LogP contribution in [0.15, 0.2) is 12.1 Å². The quantitative estimate of drug-likeness (QED) is 0.833. The molecular weight excluding hydrogens is 226 g/mol. The van der Waals surface area contributed by atoms with E-state index in [1.165, 1.54) is 29.4 Å². The summed E-state index contributed by atoms with van der Waals surface area (Å²) in [5.41, 5.74) is 9.95. The zero-order chi connectivity index (χ0) is 13.9. The lowest BCUT2D eigenvalue weighted by molar-refractivity contribution is -0.151. The molecule has 100 valence electrons. The summed E-state index contributed by atoms with van der Waals surface area (Å²) < 4.78 is 4.86. The molecule has 0 saturated carbocycles. The third-order valence-corrected chi connectivity index (χ3v) is 3.54. The number of esters is 1. The van der Waals surface area contributed by atoms with Crippen LogP contribution in [-0.2, 0) is 16.0 Å². The Balaban J connectivity index is 3.13. The van der Waals surface area contributed by atoms with Crippen molar-refractivity contribution in [2.24, 2.45) is 11.1 Å². The molecule has 0 bridgehead atoms. The van der Waals surface area contributed by atoms with Gasteiger partial charge in [-0.1, -0.05) is 17.7 Å². The lowest BCUT2D eigenvalue weighted by Gasteiger charge is -2.26. The van der Waals surface area contributed by atoms with E-state index in [1.807, 2.05) is 6.92 Å². The van der Waals surface area contributed by atoms with E-state index in [4.69, 9.17) is 10.5 Å². The molecule has 3 heteroatoms. The number of carbonyl (C=O) groups excluding carboxylic acids is 1. The summed E-state index contributed by atoms with van der Waals surface area (Å²) in [6.07, 6.45) is 0.619. The van der Waals surface area contributed by atoms with E-state index in [1.54, 1.807) is 0 Å². The molecule has 1 aromatic carbocycles. The van der Waals surface area contributed by atoms with Crippen molar-refractivity contribution in [1.29, 1.82) is 0 Å². The van der Waals surface area contributed by atoms with Gasteiger partial charge in [0.2, 0.25) is 0 Å². The molecule has 3 nitrogen and oxygen atoms in total. The number of aryl methyl sites for hydroxylation is 3. The first-order valence-electron chi connectivity index (χ1n) is 6.19. The Labute approximate surface area is 109 Å². The van der Waals surface area contributed by atoms with Crippen molar-refractivity contribution in [1.82, 2.24) is 0 Å². The zero-order valence-corrected chi connectivity index (χ0v) is 12.0. The molecule has 2 N–H and O–H groups in total. The highest BCUT2D eigenvalue weighted by atomic mass is 16.5. The number of ether oxygens (including phenoxy) is 1. The topological polar surface area (TPSA) is 52.3 Å². The van der Waals surface area contributed by atoms with Crippen molar-refractivity contribution in [3.8, 4) is 0 Å². The summed E-state index contributed by atoms with van der Waals surface area (Å²) in [6, 6.07) is 4.27. The van der Waals surface area contributed by atoms with Gasteiger partial charge in [-0.05, 0) is 50.8 Å². The highest BCUT2D eigenvalue weighted by molar-refractivity contribution is 5.77. The molecule has 0 spiro atoms. The van der Waals surface area contributed by atoms with E-state index in [9.17, 15) is 4.79 Å². The molecule has 0 aliphatic carbocycles. The molecular formula is C15H23NO2. The highest BCUT2D eigenvalue weighted by Gasteiger charge is 2.34. The van der Waals surface area contributed by atoms with Crippen LogP contribution in [0.5, 0.6) is 0 Å². The number of benzene rings is 1. The van der Waals surface area contributed by atoms with E-state index in [-0.39, 0.29) is 12.5 Å². The number of hydrogen-bond donors (Lipinski definition) is 1. The smallest absolute Gasteiger partial charge is 0.313 e. The van der Waals surface area contributed by atoms with E-state index in [0.717, 1.165) is 0 Å². The molecule has 18 heavy (non-hydrogen) atoms. The van der Waals surface area contributed by atoms with Crippen molar-refractivity contribution < 1.29 is 9.53 Å². The SMILES string of the molecule is COC(=O)C(C)(CN)Cc1c(C)cc(C)cc1C. The van der Waals surface area contributed by atoms with Gasteiger partial charge < -0.3 is 10.5 Å². The second-order valence-electron chi connectivity index (χ2n) is 5.31. The Morgan fingerprint density at radius 3 is 2.17 bits per heavy atom. The van der Waals surface area contributed by atoms with Gasteiger partial charge in [0, 0.05) is 6.54 Å². The number of carbonyl (C=O) groups is 1. The van der Waals surface area contributed by atoms with Crippen LogP contribution in [-0.4, -0.2) is 19.6 Å². The summed E-state index contributed by atoms with van der Waals surface area (Å²) in [7, 11) is 1.41. The van der Waals surface area contributed by atoms with Crippen LogP contribution >= 0.6 is 0 Å². The minimum absolute atomic E-state index is 0.246. The van der Waals surface area contributed by atoms with Crippen LogP contribution in [0.4, 0.5) is 0 Å². The van der Waals surface area contributed by atoms with Gasteiger partial charge in [-0.25, -0.2) is 0 Å².